The highest BCUT2D eigenvalue weighted by molar-refractivity contribution is 5.92. The van der Waals surface area contributed by atoms with Gasteiger partial charge in [-0.3, -0.25) is 9.69 Å². The second-order valence-electron chi connectivity index (χ2n) is 6.63. The van der Waals surface area contributed by atoms with Crippen LogP contribution in [0.15, 0.2) is 42.5 Å². The van der Waals surface area contributed by atoms with Gasteiger partial charge in [-0.2, -0.15) is 0 Å². The first-order valence-electron chi connectivity index (χ1n) is 8.96. The number of amides is 1. The van der Waals surface area contributed by atoms with Gasteiger partial charge in [-0.05, 0) is 74.2 Å². The largest absolute Gasteiger partial charge is 0.494 e. The summed E-state index contributed by atoms with van der Waals surface area (Å²) in [6.07, 6.45) is 3.50. The molecule has 0 atom stereocenters. The third-order valence-corrected chi connectivity index (χ3v) is 4.48. The van der Waals surface area contributed by atoms with Crippen molar-refractivity contribution in [3.63, 3.8) is 0 Å². The lowest BCUT2D eigenvalue weighted by Crippen LogP contribution is -2.29. The quantitative estimate of drug-likeness (QED) is 0.838. The zero-order valence-corrected chi connectivity index (χ0v) is 15.0. The zero-order valence-electron chi connectivity index (χ0n) is 15.0. The van der Waals surface area contributed by atoms with Gasteiger partial charge in [-0.25, -0.2) is 0 Å². The highest BCUT2D eigenvalue weighted by Gasteiger charge is 2.12. The van der Waals surface area contributed by atoms with Crippen LogP contribution in [-0.4, -0.2) is 31.0 Å². The average Bonchev–Trinajstić information content (AvgIpc) is 3.04. The summed E-state index contributed by atoms with van der Waals surface area (Å²) in [5, 5.41) is 3.01. The molecule has 2 aromatic carbocycles. The molecule has 0 fully saturated rings. The molecule has 1 N–H and O–H groups in total. The molecule has 0 radical (unpaired) electrons. The fourth-order valence-corrected chi connectivity index (χ4v) is 3.32. The molecule has 3 rings (SSSR count). The Kier molecular flexibility index (Phi) is 5.71. The lowest BCUT2D eigenvalue weighted by atomic mass is 10.1. The Morgan fingerprint density at radius 1 is 1.12 bits per heavy atom. The van der Waals surface area contributed by atoms with Crippen LogP contribution in [0, 0.1) is 0 Å². The van der Waals surface area contributed by atoms with E-state index in [1.807, 2.05) is 49.2 Å². The third kappa shape index (κ3) is 4.83. The number of nitrogens with one attached hydrogen (secondary N) is 1. The minimum Gasteiger partial charge on any atom is -0.494 e. The number of likely N-dealkylation sites (N-methyl/N-ethyl adjacent to an activating group) is 1. The number of hydrogen-bond acceptors (Lipinski definition) is 3. The zero-order chi connectivity index (χ0) is 17.6. The van der Waals surface area contributed by atoms with E-state index in [0.717, 1.165) is 36.4 Å². The summed E-state index contributed by atoms with van der Waals surface area (Å²) in [7, 11) is 1.96. The fraction of sp³-hybridized carbons (Fsp3) is 0.381. The molecule has 0 saturated heterocycles. The van der Waals surface area contributed by atoms with E-state index in [4.69, 9.17) is 4.74 Å². The van der Waals surface area contributed by atoms with Crippen molar-refractivity contribution in [1.82, 2.24) is 4.90 Å². The summed E-state index contributed by atoms with van der Waals surface area (Å²) in [6, 6.07) is 14.3. The van der Waals surface area contributed by atoms with Crippen molar-refractivity contribution in [2.24, 2.45) is 0 Å². The summed E-state index contributed by atoms with van der Waals surface area (Å²) in [5.74, 6) is 0.898. The van der Waals surface area contributed by atoms with E-state index >= 15 is 0 Å². The van der Waals surface area contributed by atoms with E-state index in [9.17, 15) is 4.79 Å². The Bertz CT molecular complexity index is 725. The number of nitrogens with zero attached hydrogens (tertiary/aromatic N) is 1. The minimum absolute atomic E-state index is 0.0198. The number of hydrogen-bond donors (Lipinski definition) is 1. The number of carbonyl (C=O) groups is 1. The highest BCUT2D eigenvalue weighted by Crippen LogP contribution is 2.24. The molecule has 0 heterocycles. The summed E-state index contributed by atoms with van der Waals surface area (Å²) < 4.78 is 5.45. The molecule has 4 heteroatoms. The molecule has 4 nitrogen and oxygen atoms in total. The Hall–Kier alpha value is -2.33. The van der Waals surface area contributed by atoms with E-state index in [1.54, 1.807) is 0 Å². The maximum Gasteiger partial charge on any atom is 0.238 e. The minimum atomic E-state index is 0.0198. The van der Waals surface area contributed by atoms with E-state index in [2.05, 4.69) is 17.4 Å². The topological polar surface area (TPSA) is 41.6 Å². The van der Waals surface area contributed by atoms with Crippen LogP contribution in [0.2, 0.25) is 0 Å². The van der Waals surface area contributed by atoms with Crippen LogP contribution < -0.4 is 10.1 Å². The Balaban J connectivity index is 1.50. The smallest absolute Gasteiger partial charge is 0.238 e. The van der Waals surface area contributed by atoms with Crippen LogP contribution in [-0.2, 0) is 24.2 Å². The van der Waals surface area contributed by atoms with Gasteiger partial charge in [-0.15, -0.1) is 0 Å². The molecule has 0 bridgehead atoms. The van der Waals surface area contributed by atoms with Gasteiger partial charge >= 0.3 is 0 Å². The molecular weight excluding hydrogens is 312 g/mol. The van der Waals surface area contributed by atoms with Gasteiger partial charge in [0.1, 0.15) is 5.75 Å². The molecule has 1 amide bonds. The number of carbonyl (C=O) groups excluding carboxylic acids is 1. The summed E-state index contributed by atoms with van der Waals surface area (Å²) in [4.78, 5) is 14.3. The maximum atomic E-state index is 12.3. The second kappa shape index (κ2) is 8.17. The first kappa shape index (κ1) is 17.5. The molecule has 0 spiro atoms. The van der Waals surface area contributed by atoms with Crippen molar-refractivity contribution in [3.8, 4) is 5.75 Å². The number of aryl methyl sites for hydroxylation is 2. The number of benzene rings is 2. The van der Waals surface area contributed by atoms with Crippen LogP contribution in [0.3, 0.4) is 0 Å². The molecule has 2 aromatic rings. The lowest BCUT2D eigenvalue weighted by Gasteiger charge is -2.17. The van der Waals surface area contributed by atoms with Crippen LogP contribution in [0.5, 0.6) is 5.75 Å². The first-order chi connectivity index (χ1) is 12.1. The van der Waals surface area contributed by atoms with Gasteiger partial charge in [0, 0.05) is 12.2 Å². The van der Waals surface area contributed by atoms with Gasteiger partial charge in [0.25, 0.3) is 0 Å². The van der Waals surface area contributed by atoms with E-state index in [-0.39, 0.29) is 5.91 Å². The first-order valence-corrected chi connectivity index (χ1v) is 8.96. The van der Waals surface area contributed by atoms with Crippen molar-refractivity contribution in [1.29, 1.82) is 0 Å². The SMILES string of the molecule is CCOc1ccc(CN(C)CC(=O)Nc2ccc3c(c2)CCC3)cc1. The number of ether oxygens (including phenoxy) is 1. The molecule has 1 aliphatic carbocycles. The van der Waals surface area contributed by atoms with E-state index in [0.29, 0.717) is 13.2 Å². The maximum absolute atomic E-state index is 12.3. The van der Waals surface area contributed by atoms with Crippen LogP contribution in [0.1, 0.15) is 30.0 Å². The molecule has 0 unspecified atom stereocenters. The molecule has 0 aromatic heterocycles. The molecular formula is C21H26N2O2. The van der Waals surface area contributed by atoms with Crippen molar-refractivity contribution >= 4 is 11.6 Å². The predicted octanol–water partition coefficient (Wildman–Crippen LogP) is 3.64. The molecule has 25 heavy (non-hydrogen) atoms. The van der Waals surface area contributed by atoms with Crippen LogP contribution in [0.4, 0.5) is 5.69 Å². The third-order valence-electron chi connectivity index (χ3n) is 4.48. The molecule has 0 aliphatic heterocycles. The van der Waals surface area contributed by atoms with Gasteiger partial charge in [0.05, 0.1) is 13.2 Å². The Morgan fingerprint density at radius 3 is 2.64 bits per heavy atom. The van der Waals surface area contributed by atoms with Gasteiger partial charge in [0.15, 0.2) is 0 Å². The number of fused-ring (bicyclic) bond motifs is 1. The summed E-state index contributed by atoms with van der Waals surface area (Å²) in [5.41, 5.74) is 4.86. The van der Waals surface area contributed by atoms with Crippen molar-refractivity contribution in [2.75, 3.05) is 25.5 Å². The number of rotatable bonds is 7. The number of anilines is 1. The normalized spacial score (nSPS) is 12.9. The van der Waals surface area contributed by atoms with Crippen molar-refractivity contribution in [3.05, 3.63) is 59.2 Å². The summed E-state index contributed by atoms with van der Waals surface area (Å²) in [6.45, 7) is 3.73. The van der Waals surface area contributed by atoms with E-state index < -0.39 is 0 Å². The summed E-state index contributed by atoms with van der Waals surface area (Å²) >= 11 is 0. The van der Waals surface area contributed by atoms with Crippen molar-refractivity contribution in [2.45, 2.75) is 32.7 Å². The standard InChI is InChI=1S/C21H26N2O2/c1-3-25-20-11-7-16(8-12-20)14-23(2)15-21(24)22-19-10-9-17-5-4-6-18(17)13-19/h7-13H,3-6,14-15H2,1-2H3,(H,22,24). The molecule has 0 saturated carbocycles. The highest BCUT2D eigenvalue weighted by atomic mass is 16.5. The molecule has 1 aliphatic rings. The predicted molar refractivity (Wildman–Crippen MR) is 101 cm³/mol. The lowest BCUT2D eigenvalue weighted by molar-refractivity contribution is -0.117. The van der Waals surface area contributed by atoms with Gasteiger partial charge < -0.3 is 10.1 Å². The Morgan fingerprint density at radius 2 is 1.88 bits per heavy atom. The molecule has 132 valence electrons. The van der Waals surface area contributed by atoms with Gasteiger partial charge in [0.2, 0.25) is 5.91 Å². The van der Waals surface area contributed by atoms with Crippen LogP contribution >= 0.6 is 0 Å². The fourth-order valence-electron chi connectivity index (χ4n) is 3.32. The van der Waals surface area contributed by atoms with Gasteiger partial charge in [-0.1, -0.05) is 18.2 Å². The van der Waals surface area contributed by atoms with Crippen molar-refractivity contribution < 1.29 is 9.53 Å². The second-order valence-corrected chi connectivity index (χ2v) is 6.63. The monoisotopic (exact) mass is 338 g/mol. The average molecular weight is 338 g/mol. The Labute approximate surface area is 149 Å². The van der Waals surface area contributed by atoms with E-state index in [1.165, 1.54) is 17.5 Å². The van der Waals surface area contributed by atoms with Crippen LogP contribution in [0.25, 0.3) is 0 Å².